The summed E-state index contributed by atoms with van der Waals surface area (Å²) in [5.41, 5.74) is 3.18. The van der Waals surface area contributed by atoms with Gasteiger partial charge in [0.2, 0.25) is 5.91 Å². The van der Waals surface area contributed by atoms with Gasteiger partial charge in [0.15, 0.2) is 0 Å². The number of aromatic nitrogens is 2. The van der Waals surface area contributed by atoms with E-state index in [0.29, 0.717) is 12.6 Å². The molecule has 2 aromatic heterocycles. The minimum atomic E-state index is 0.137. The fourth-order valence-electron chi connectivity index (χ4n) is 4.71. The van der Waals surface area contributed by atoms with Gasteiger partial charge in [0.25, 0.3) is 0 Å². The molecular formula is C24H33N5O. The van der Waals surface area contributed by atoms with Crippen molar-refractivity contribution in [2.75, 3.05) is 26.2 Å². The Hall–Kier alpha value is -2.31. The van der Waals surface area contributed by atoms with Crippen molar-refractivity contribution < 1.29 is 4.79 Å². The molecule has 1 N–H and O–H groups in total. The van der Waals surface area contributed by atoms with Crippen LogP contribution >= 0.6 is 0 Å². The smallest absolute Gasteiger partial charge is 0.223 e. The summed E-state index contributed by atoms with van der Waals surface area (Å²) in [6.07, 6.45) is 6.11. The number of pyridine rings is 2. The van der Waals surface area contributed by atoms with Crippen molar-refractivity contribution in [3.8, 4) is 0 Å². The molecule has 0 atom stereocenters. The molecule has 2 aliphatic heterocycles. The van der Waals surface area contributed by atoms with Crippen LogP contribution in [0.15, 0.2) is 42.6 Å². The number of nitrogens with one attached hydrogen (secondary N) is 1. The summed E-state index contributed by atoms with van der Waals surface area (Å²) in [7, 11) is 0. The van der Waals surface area contributed by atoms with Crippen molar-refractivity contribution in [3.05, 3.63) is 59.7 Å². The predicted octanol–water partition coefficient (Wildman–Crippen LogP) is 2.78. The number of likely N-dealkylation sites (tertiary alicyclic amines) is 2. The molecule has 2 aromatic rings. The van der Waals surface area contributed by atoms with Crippen LogP contribution in [0.1, 0.15) is 42.8 Å². The lowest BCUT2D eigenvalue weighted by Crippen LogP contribution is -2.49. The summed E-state index contributed by atoms with van der Waals surface area (Å²) >= 11 is 0. The fraction of sp³-hybridized carbons (Fsp3) is 0.542. The first-order valence-electron chi connectivity index (χ1n) is 11.2. The number of nitrogens with zero attached hydrogens (tertiary/aromatic N) is 4. The third-order valence-corrected chi connectivity index (χ3v) is 6.48. The lowest BCUT2D eigenvalue weighted by atomic mass is 9.92. The lowest BCUT2D eigenvalue weighted by Gasteiger charge is -2.41. The highest BCUT2D eigenvalue weighted by atomic mass is 16.1. The number of hydrogen-bond donors (Lipinski definition) is 1. The molecule has 30 heavy (non-hydrogen) atoms. The van der Waals surface area contributed by atoms with E-state index in [9.17, 15) is 4.79 Å². The Morgan fingerprint density at radius 1 is 1.00 bits per heavy atom. The fourth-order valence-corrected chi connectivity index (χ4v) is 4.71. The Morgan fingerprint density at radius 3 is 2.47 bits per heavy atom. The molecule has 6 heteroatoms. The van der Waals surface area contributed by atoms with Crippen molar-refractivity contribution in [2.24, 2.45) is 5.92 Å². The van der Waals surface area contributed by atoms with E-state index in [1.165, 1.54) is 18.5 Å². The molecule has 0 bridgehead atoms. The minimum Gasteiger partial charge on any atom is -0.350 e. The Balaban J connectivity index is 1.17. The molecule has 2 aliphatic rings. The van der Waals surface area contributed by atoms with Crippen molar-refractivity contribution in [2.45, 2.75) is 51.7 Å². The van der Waals surface area contributed by atoms with E-state index >= 15 is 0 Å². The van der Waals surface area contributed by atoms with Crippen LogP contribution in [0, 0.1) is 12.8 Å². The van der Waals surface area contributed by atoms with Gasteiger partial charge in [0.1, 0.15) is 0 Å². The van der Waals surface area contributed by atoms with E-state index in [0.717, 1.165) is 57.0 Å². The lowest BCUT2D eigenvalue weighted by molar-refractivity contribution is -0.126. The largest absolute Gasteiger partial charge is 0.350 e. The first kappa shape index (κ1) is 20.9. The first-order chi connectivity index (χ1) is 14.7. The normalized spacial score (nSPS) is 19.6. The van der Waals surface area contributed by atoms with Gasteiger partial charge in [-0.25, -0.2) is 0 Å². The Labute approximate surface area is 179 Å². The highest BCUT2D eigenvalue weighted by molar-refractivity contribution is 5.78. The average Bonchev–Trinajstić information content (AvgIpc) is 2.79. The summed E-state index contributed by atoms with van der Waals surface area (Å²) < 4.78 is 0. The molecule has 1 amide bonds. The topological polar surface area (TPSA) is 61.4 Å². The molecule has 0 unspecified atom stereocenters. The third kappa shape index (κ3) is 5.64. The number of piperidine rings is 2. The highest BCUT2D eigenvalue weighted by Crippen LogP contribution is 2.24. The van der Waals surface area contributed by atoms with E-state index in [4.69, 9.17) is 0 Å². The quantitative estimate of drug-likeness (QED) is 0.798. The molecule has 0 radical (unpaired) electrons. The van der Waals surface area contributed by atoms with Crippen LogP contribution in [0.2, 0.25) is 0 Å². The van der Waals surface area contributed by atoms with Crippen molar-refractivity contribution >= 4 is 5.91 Å². The molecule has 160 valence electrons. The van der Waals surface area contributed by atoms with Gasteiger partial charge in [0, 0.05) is 43.5 Å². The van der Waals surface area contributed by atoms with Crippen LogP contribution in [-0.2, 0) is 17.9 Å². The molecule has 0 aromatic carbocycles. The van der Waals surface area contributed by atoms with E-state index in [1.807, 2.05) is 18.2 Å². The average molecular weight is 408 g/mol. The summed E-state index contributed by atoms with van der Waals surface area (Å²) in [4.78, 5) is 26.6. The van der Waals surface area contributed by atoms with Crippen molar-refractivity contribution in [1.29, 1.82) is 0 Å². The minimum absolute atomic E-state index is 0.137. The van der Waals surface area contributed by atoms with Crippen LogP contribution < -0.4 is 5.32 Å². The maximum absolute atomic E-state index is 12.5. The van der Waals surface area contributed by atoms with Gasteiger partial charge in [-0.3, -0.25) is 19.7 Å². The van der Waals surface area contributed by atoms with Crippen LogP contribution in [-0.4, -0.2) is 57.9 Å². The zero-order valence-electron chi connectivity index (χ0n) is 18.0. The second-order valence-electron chi connectivity index (χ2n) is 8.63. The molecule has 0 spiro atoms. The highest BCUT2D eigenvalue weighted by Gasteiger charge is 2.30. The van der Waals surface area contributed by atoms with Gasteiger partial charge in [-0.1, -0.05) is 12.1 Å². The van der Waals surface area contributed by atoms with Gasteiger partial charge in [0.05, 0.1) is 17.9 Å². The number of amides is 1. The number of carbonyl (C=O) groups is 1. The SMILES string of the molecule is Cc1cccc(CN2CCC(N3CCC(C(=O)NCc4ccccn4)CC3)CC2)n1. The third-order valence-electron chi connectivity index (χ3n) is 6.48. The maximum Gasteiger partial charge on any atom is 0.223 e. The second kappa shape index (κ2) is 10.1. The summed E-state index contributed by atoms with van der Waals surface area (Å²) in [5.74, 6) is 0.318. The van der Waals surface area contributed by atoms with E-state index in [1.54, 1.807) is 6.20 Å². The van der Waals surface area contributed by atoms with Gasteiger partial charge < -0.3 is 10.2 Å². The number of hydrogen-bond acceptors (Lipinski definition) is 5. The molecular weight excluding hydrogens is 374 g/mol. The van der Waals surface area contributed by atoms with Crippen molar-refractivity contribution in [3.63, 3.8) is 0 Å². The van der Waals surface area contributed by atoms with Gasteiger partial charge in [-0.05, 0) is 70.0 Å². The Bertz CT molecular complexity index is 811. The Morgan fingerprint density at radius 2 is 1.77 bits per heavy atom. The molecule has 2 fully saturated rings. The van der Waals surface area contributed by atoms with Crippen LogP contribution in [0.3, 0.4) is 0 Å². The number of carbonyl (C=O) groups excluding carboxylic acids is 1. The summed E-state index contributed by atoms with van der Waals surface area (Å²) in [5, 5.41) is 3.06. The number of rotatable bonds is 6. The van der Waals surface area contributed by atoms with E-state index in [2.05, 4.69) is 50.2 Å². The standard InChI is InChI=1S/C24H33N5O/c1-19-5-4-7-22(27-19)18-28-13-10-23(11-14-28)29-15-8-20(9-16-29)24(30)26-17-21-6-2-3-12-25-21/h2-7,12,20,23H,8-11,13-18H2,1H3,(H,26,30). The molecule has 2 saturated heterocycles. The summed E-state index contributed by atoms with van der Waals surface area (Å²) in [6.45, 7) is 7.85. The molecule has 0 saturated carbocycles. The molecule has 4 heterocycles. The maximum atomic E-state index is 12.5. The number of aryl methyl sites for hydroxylation is 1. The van der Waals surface area contributed by atoms with E-state index < -0.39 is 0 Å². The Kier molecular flexibility index (Phi) is 7.07. The van der Waals surface area contributed by atoms with E-state index in [-0.39, 0.29) is 11.8 Å². The second-order valence-corrected chi connectivity index (χ2v) is 8.63. The van der Waals surface area contributed by atoms with Gasteiger partial charge >= 0.3 is 0 Å². The predicted molar refractivity (Wildman–Crippen MR) is 118 cm³/mol. The molecule has 0 aliphatic carbocycles. The first-order valence-corrected chi connectivity index (χ1v) is 11.2. The van der Waals surface area contributed by atoms with Crippen LogP contribution in [0.4, 0.5) is 0 Å². The monoisotopic (exact) mass is 407 g/mol. The van der Waals surface area contributed by atoms with Gasteiger partial charge in [-0.2, -0.15) is 0 Å². The zero-order valence-corrected chi connectivity index (χ0v) is 18.0. The van der Waals surface area contributed by atoms with Crippen LogP contribution in [0.25, 0.3) is 0 Å². The van der Waals surface area contributed by atoms with Gasteiger partial charge in [-0.15, -0.1) is 0 Å². The zero-order chi connectivity index (χ0) is 20.8. The van der Waals surface area contributed by atoms with Crippen molar-refractivity contribution in [1.82, 2.24) is 25.1 Å². The summed E-state index contributed by atoms with van der Waals surface area (Å²) in [6, 6.07) is 12.7. The van der Waals surface area contributed by atoms with Crippen LogP contribution in [0.5, 0.6) is 0 Å². The molecule has 4 rings (SSSR count). The molecule has 6 nitrogen and oxygen atoms in total.